The SMILES string of the molecule is Cc1nccn1[C@@H](C)CC(=O)Nc1cnn(CC(=O)Nc2ccc(F)cc2)c1. The van der Waals surface area contributed by atoms with Gasteiger partial charge in [0.25, 0.3) is 0 Å². The Labute approximate surface area is 161 Å². The maximum atomic E-state index is 12.9. The van der Waals surface area contributed by atoms with E-state index in [9.17, 15) is 14.0 Å². The molecule has 0 saturated carbocycles. The number of carbonyl (C=O) groups is 2. The van der Waals surface area contributed by atoms with Gasteiger partial charge in [-0.05, 0) is 38.1 Å². The van der Waals surface area contributed by atoms with Crippen LogP contribution in [0, 0.1) is 12.7 Å². The predicted octanol–water partition coefficient (Wildman–Crippen LogP) is 2.76. The van der Waals surface area contributed by atoms with Crippen molar-refractivity contribution in [3.8, 4) is 0 Å². The fourth-order valence-electron chi connectivity index (χ4n) is 2.83. The Morgan fingerprint density at radius 1 is 1.14 bits per heavy atom. The van der Waals surface area contributed by atoms with Gasteiger partial charge in [-0.1, -0.05) is 0 Å². The van der Waals surface area contributed by atoms with Crippen LogP contribution in [0.4, 0.5) is 15.8 Å². The molecule has 2 amide bonds. The van der Waals surface area contributed by atoms with Crippen molar-refractivity contribution >= 4 is 23.2 Å². The number of nitrogens with zero attached hydrogens (tertiary/aromatic N) is 4. The zero-order valence-corrected chi connectivity index (χ0v) is 15.6. The van der Waals surface area contributed by atoms with Crippen molar-refractivity contribution < 1.29 is 14.0 Å². The molecule has 0 radical (unpaired) electrons. The first-order chi connectivity index (χ1) is 13.4. The number of halogens is 1. The molecule has 2 aromatic heterocycles. The Balaban J connectivity index is 1.50. The van der Waals surface area contributed by atoms with E-state index in [4.69, 9.17) is 0 Å². The van der Waals surface area contributed by atoms with Crippen LogP contribution in [0.5, 0.6) is 0 Å². The number of benzene rings is 1. The third-order valence-corrected chi connectivity index (χ3v) is 4.17. The van der Waals surface area contributed by atoms with Gasteiger partial charge in [0.1, 0.15) is 18.2 Å². The average molecular weight is 384 g/mol. The molecule has 0 bridgehead atoms. The molecule has 0 aliphatic heterocycles. The van der Waals surface area contributed by atoms with E-state index in [1.807, 2.05) is 24.6 Å². The number of aryl methyl sites for hydroxylation is 1. The number of aromatic nitrogens is 4. The second-order valence-corrected chi connectivity index (χ2v) is 6.46. The fourth-order valence-corrected chi connectivity index (χ4v) is 2.83. The highest BCUT2D eigenvalue weighted by Crippen LogP contribution is 2.15. The summed E-state index contributed by atoms with van der Waals surface area (Å²) in [5, 5.41) is 9.50. The van der Waals surface area contributed by atoms with Crippen molar-refractivity contribution in [3.05, 3.63) is 60.7 Å². The van der Waals surface area contributed by atoms with Crippen LogP contribution in [-0.4, -0.2) is 31.1 Å². The molecule has 9 heteroatoms. The van der Waals surface area contributed by atoms with Crippen molar-refractivity contribution in [2.45, 2.75) is 32.9 Å². The van der Waals surface area contributed by atoms with Gasteiger partial charge >= 0.3 is 0 Å². The van der Waals surface area contributed by atoms with Crippen LogP contribution in [0.3, 0.4) is 0 Å². The van der Waals surface area contributed by atoms with Crippen LogP contribution in [0.15, 0.2) is 49.1 Å². The van der Waals surface area contributed by atoms with Gasteiger partial charge in [0.05, 0.1) is 11.9 Å². The standard InChI is InChI=1S/C19H21FN6O2/c1-13(26-8-7-21-14(26)2)9-18(27)24-17-10-22-25(11-17)12-19(28)23-16-5-3-15(20)4-6-16/h3-8,10-11,13H,9,12H2,1-2H3,(H,23,28)(H,24,27)/t13-/m0/s1. The zero-order chi connectivity index (χ0) is 20.1. The highest BCUT2D eigenvalue weighted by atomic mass is 19.1. The predicted molar refractivity (Wildman–Crippen MR) is 102 cm³/mol. The Bertz CT molecular complexity index is 963. The van der Waals surface area contributed by atoms with E-state index in [0.717, 1.165) is 5.82 Å². The third kappa shape index (κ3) is 5.03. The molecule has 1 atom stereocenters. The molecule has 146 valence electrons. The van der Waals surface area contributed by atoms with E-state index in [2.05, 4.69) is 20.7 Å². The van der Waals surface area contributed by atoms with Crippen LogP contribution in [0.2, 0.25) is 0 Å². The summed E-state index contributed by atoms with van der Waals surface area (Å²) in [6.07, 6.45) is 6.88. The molecule has 0 spiro atoms. The molecule has 1 aromatic carbocycles. The molecule has 28 heavy (non-hydrogen) atoms. The third-order valence-electron chi connectivity index (χ3n) is 4.17. The Kier molecular flexibility index (Phi) is 5.83. The summed E-state index contributed by atoms with van der Waals surface area (Å²) in [6, 6.07) is 5.46. The number of imidazole rings is 1. The van der Waals surface area contributed by atoms with E-state index in [1.54, 1.807) is 12.4 Å². The second kappa shape index (κ2) is 8.47. The number of hydrogen-bond acceptors (Lipinski definition) is 4. The Hall–Kier alpha value is -3.49. The lowest BCUT2D eigenvalue weighted by atomic mass is 10.2. The minimum absolute atomic E-state index is 0.0287. The van der Waals surface area contributed by atoms with E-state index < -0.39 is 0 Å². The maximum Gasteiger partial charge on any atom is 0.246 e. The molecule has 3 aromatic rings. The summed E-state index contributed by atoms with van der Waals surface area (Å²) in [6.45, 7) is 3.80. The lowest BCUT2D eigenvalue weighted by molar-refractivity contribution is -0.117. The van der Waals surface area contributed by atoms with E-state index in [-0.39, 0.29) is 36.6 Å². The van der Waals surface area contributed by atoms with Crippen LogP contribution >= 0.6 is 0 Å². The van der Waals surface area contributed by atoms with Crippen molar-refractivity contribution in [2.24, 2.45) is 0 Å². The van der Waals surface area contributed by atoms with Gasteiger partial charge in [-0.3, -0.25) is 14.3 Å². The zero-order valence-electron chi connectivity index (χ0n) is 15.6. The van der Waals surface area contributed by atoms with Crippen molar-refractivity contribution in [2.75, 3.05) is 10.6 Å². The highest BCUT2D eigenvalue weighted by Gasteiger charge is 2.13. The molecule has 3 rings (SSSR count). The molecule has 2 N–H and O–H groups in total. The van der Waals surface area contributed by atoms with Gasteiger partial charge in [0.2, 0.25) is 11.8 Å². The molecule has 0 fully saturated rings. The molecular formula is C19H21FN6O2. The van der Waals surface area contributed by atoms with Gasteiger partial charge < -0.3 is 15.2 Å². The Morgan fingerprint density at radius 3 is 2.54 bits per heavy atom. The van der Waals surface area contributed by atoms with Crippen LogP contribution in [0.1, 0.15) is 25.2 Å². The van der Waals surface area contributed by atoms with E-state index in [0.29, 0.717) is 11.4 Å². The lowest BCUT2D eigenvalue weighted by Gasteiger charge is -2.14. The number of rotatable bonds is 7. The van der Waals surface area contributed by atoms with Crippen molar-refractivity contribution in [1.82, 2.24) is 19.3 Å². The first-order valence-electron chi connectivity index (χ1n) is 8.78. The monoisotopic (exact) mass is 384 g/mol. The van der Waals surface area contributed by atoms with E-state index in [1.165, 1.54) is 35.1 Å². The summed E-state index contributed by atoms with van der Waals surface area (Å²) in [4.78, 5) is 28.4. The molecule has 0 aliphatic rings. The number of anilines is 2. The van der Waals surface area contributed by atoms with Gasteiger partial charge in [0.15, 0.2) is 0 Å². The highest BCUT2D eigenvalue weighted by molar-refractivity contribution is 5.91. The smallest absolute Gasteiger partial charge is 0.246 e. The summed E-state index contributed by atoms with van der Waals surface area (Å²) in [7, 11) is 0. The second-order valence-electron chi connectivity index (χ2n) is 6.46. The average Bonchev–Trinajstić information content (AvgIpc) is 3.25. The first kappa shape index (κ1) is 19.3. The molecule has 8 nitrogen and oxygen atoms in total. The summed E-state index contributed by atoms with van der Waals surface area (Å²) < 4.78 is 16.2. The maximum absolute atomic E-state index is 12.9. The van der Waals surface area contributed by atoms with Crippen molar-refractivity contribution in [1.29, 1.82) is 0 Å². The van der Waals surface area contributed by atoms with Crippen LogP contribution < -0.4 is 10.6 Å². The number of nitrogens with one attached hydrogen (secondary N) is 2. The number of amides is 2. The summed E-state index contributed by atoms with van der Waals surface area (Å²) >= 11 is 0. The van der Waals surface area contributed by atoms with Gasteiger partial charge in [-0.2, -0.15) is 5.10 Å². The van der Waals surface area contributed by atoms with Crippen LogP contribution in [-0.2, 0) is 16.1 Å². The van der Waals surface area contributed by atoms with Gasteiger partial charge in [0, 0.05) is 36.7 Å². The van der Waals surface area contributed by atoms with Gasteiger partial charge in [-0.25, -0.2) is 9.37 Å². The lowest BCUT2D eigenvalue weighted by Crippen LogP contribution is -2.19. The molecule has 0 unspecified atom stereocenters. The first-order valence-corrected chi connectivity index (χ1v) is 8.78. The molecular weight excluding hydrogens is 363 g/mol. The molecule has 2 heterocycles. The topological polar surface area (TPSA) is 93.8 Å². The van der Waals surface area contributed by atoms with Gasteiger partial charge in [-0.15, -0.1) is 0 Å². The molecule has 0 saturated heterocycles. The normalized spacial score (nSPS) is 11.8. The van der Waals surface area contributed by atoms with E-state index >= 15 is 0 Å². The van der Waals surface area contributed by atoms with Crippen LogP contribution in [0.25, 0.3) is 0 Å². The number of carbonyl (C=O) groups excluding carboxylic acids is 2. The van der Waals surface area contributed by atoms with Crippen molar-refractivity contribution in [3.63, 3.8) is 0 Å². The summed E-state index contributed by atoms with van der Waals surface area (Å²) in [5.74, 6) is 0.0102. The largest absolute Gasteiger partial charge is 0.332 e. The quantitative estimate of drug-likeness (QED) is 0.655. The Morgan fingerprint density at radius 2 is 1.86 bits per heavy atom. The fraction of sp³-hybridized carbons (Fsp3) is 0.263. The number of hydrogen-bond donors (Lipinski definition) is 2. The minimum atomic E-state index is -0.372. The minimum Gasteiger partial charge on any atom is -0.332 e. The summed E-state index contributed by atoms with van der Waals surface area (Å²) in [5.41, 5.74) is 1.00. The molecule has 0 aliphatic carbocycles.